The number of unbranched alkanes of at least 4 members (excludes halogenated alkanes) is 34. The molecule has 0 saturated heterocycles. The van der Waals surface area contributed by atoms with Crippen LogP contribution in [0.4, 0.5) is 0 Å². The molecule has 0 aliphatic rings. The molecule has 300 valence electrons. The van der Waals surface area contributed by atoms with Crippen LogP contribution in [0, 0.1) is 0 Å². The molecule has 3 unspecified atom stereocenters. The lowest BCUT2D eigenvalue weighted by atomic mass is 10.0. The number of carbonyl (C=O) groups excluding carboxylic acids is 1. The Hall–Kier alpha value is -0.650. The van der Waals surface area contributed by atoms with Crippen molar-refractivity contribution in [1.29, 1.82) is 0 Å². The Morgan fingerprint density at radius 2 is 0.640 bits per heavy atom. The number of nitrogens with one attached hydrogen (secondary N) is 1. The average molecular weight is 710 g/mol. The van der Waals surface area contributed by atoms with Gasteiger partial charge >= 0.3 is 0 Å². The first-order valence-electron chi connectivity index (χ1n) is 22.8. The molecule has 0 bridgehead atoms. The Labute approximate surface area is 313 Å². The second kappa shape index (κ2) is 41.1. The molecule has 1 amide bonds. The Morgan fingerprint density at radius 1 is 0.400 bits per heavy atom. The smallest absolute Gasteiger partial charge is 0.249 e. The van der Waals surface area contributed by atoms with Crippen LogP contribution in [0.1, 0.15) is 258 Å². The van der Waals surface area contributed by atoms with Gasteiger partial charge in [0, 0.05) is 0 Å². The zero-order chi connectivity index (χ0) is 36.6. The van der Waals surface area contributed by atoms with E-state index in [-0.39, 0.29) is 6.61 Å². The van der Waals surface area contributed by atoms with E-state index in [1.165, 1.54) is 199 Å². The summed E-state index contributed by atoms with van der Waals surface area (Å²) in [6.45, 7) is 4.25. The highest BCUT2D eigenvalue weighted by Crippen LogP contribution is 2.17. The number of hydrogen-bond donors (Lipinski definition) is 4. The van der Waals surface area contributed by atoms with Gasteiger partial charge in [0.1, 0.15) is 6.10 Å². The van der Waals surface area contributed by atoms with Crippen LogP contribution in [-0.4, -0.2) is 46.1 Å². The summed E-state index contributed by atoms with van der Waals surface area (Å²) in [6.07, 6.45) is 46.8. The van der Waals surface area contributed by atoms with Gasteiger partial charge in [0.2, 0.25) is 5.91 Å². The summed E-state index contributed by atoms with van der Waals surface area (Å²) in [5.74, 6) is -0.465. The van der Waals surface area contributed by atoms with Crippen LogP contribution in [0.2, 0.25) is 0 Å². The number of hydrogen-bond acceptors (Lipinski definition) is 4. The monoisotopic (exact) mass is 710 g/mol. The number of carbonyl (C=O) groups is 1. The summed E-state index contributed by atoms with van der Waals surface area (Å²) >= 11 is 0. The number of aliphatic hydroxyl groups excluding tert-OH is 3. The highest BCUT2D eigenvalue weighted by Gasteiger charge is 2.23. The molecule has 0 rings (SSSR count). The predicted octanol–water partition coefficient (Wildman–Crippen LogP) is 13.0. The molecule has 0 aromatic rings. The van der Waals surface area contributed by atoms with Gasteiger partial charge in [-0.05, 0) is 12.8 Å². The summed E-state index contributed by atoms with van der Waals surface area (Å²) in [6, 6.07) is -0.705. The highest BCUT2D eigenvalue weighted by molar-refractivity contribution is 5.80. The first kappa shape index (κ1) is 49.4. The van der Waals surface area contributed by atoms with Gasteiger partial charge in [-0.25, -0.2) is 0 Å². The molecular weight excluding hydrogens is 618 g/mol. The van der Waals surface area contributed by atoms with Crippen LogP contribution < -0.4 is 5.32 Å². The number of rotatable bonds is 42. The summed E-state index contributed by atoms with van der Waals surface area (Å²) in [5, 5.41) is 33.3. The summed E-state index contributed by atoms with van der Waals surface area (Å²) in [7, 11) is 0. The van der Waals surface area contributed by atoms with Crippen molar-refractivity contribution < 1.29 is 20.1 Å². The van der Waals surface area contributed by atoms with Gasteiger partial charge < -0.3 is 20.6 Å². The minimum atomic E-state index is -1.07. The maximum atomic E-state index is 12.5. The average Bonchev–Trinajstić information content (AvgIpc) is 3.12. The van der Waals surface area contributed by atoms with Crippen molar-refractivity contribution in [3.05, 3.63) is 0 Å². The first-order valence-corrected chi connectivity index (χ1v) is 22.8. The third-order valence-electron chi connectivity index (χ3n) is 11.0. The van der Waals surface area contributed by atoms with E-state index in [1.807, 2.05) is 0 Å². The highest BCUT2D eigenvalue weighted by atomic mass is 16.3. The van der Waals surface area contributed by atoms with E-state index in [1.54, 1.807) is 0 Å². The molecule has 0 heterocycles. The van der Waals surface area contributed by atoms with E-state index < -0.39 is 24.2 Å². The standard InChI is InChI=1S/C45H91NO4/c1-3-5-7-9-11-13-15-17-19-20-21-22-23-24-25-26-28-30-32-34-36-38-40-44(49)45(50)46-42(41-47)43(48)39-37-35-33-31-29-27-18-16-14-12-10-8-6-4-2/h42-44,47-49H,3-41H2,1-2H3,(H,46,50). The van der Waals surface area contributed by atoms with E-state index >= 15 is 0 Å². The molecular formula is C45H91NO4. The van der Waals surface area contributed by atoms with Crippen molar-refractivity contribution in [3.63, 3.8) is 0 Å². The van der Waals surface area contributed by atoms with Gasteiger partial charge in [-0.1, -0.05) is 245 Å². The summed E-state index contributed by atoms with van der Waals surface area (Å²) in [4.78, 5) is 12.5. The lowest BCUT2D eigenvalue weighted by molar-refractivity contribution is -0.131. The molecule has 50 heavy (non-hydrogen) atoms. The van der Waals surface area contributed by atoms with Crippen LogP contribution >= 0.6 is 0 Å². The van der Waals surface area contributed by atoms with Crippen molar-refractivity contribution in [1.82, 2.24) is 5.32 Å². The molecule has 0 aliphatic heterocycles. The zero-order valence-corrected chi connectivity index (χ0v) is 34.1. The Kier molecular flexibility index (Phi) is 40.6. The maximum absolute atomic E-state index is 12.5. The minimum absolute atomic E-state index is 0.308. The molecule has 5 heteroatoms. The molecule has 5 nitrogen and oxygen atoms in total. The summed E-state index contributed by atoms with van der Waals surface area (Å²) < 4.78 is 0. The largest absolute Gasteiger partial charge is 0.394 e. The Balaban J connectivity index is 3.54. The van der Waals surface area contributed by atoms with Gasteiger partial charge in [0.25, 0.3) is 0 Å². The van der Waals surface area contributed by atoms with Gasteiger partial charge in [0.15, 0.2) is 0 Å². The first-order chi connectivity index (χ1) is 24.6. The van der Waals surface area contributed by atoms with E-state index in [9.17, 15) is 20.1 Å². The predicted molar refractivity (Wildman–Crippen MR) is 218 cm³/mol. The van der Waals surface area contributed by atoms with Crippen molar-refractivity contribution in [2.45, 2.75) is 276 Å². The van der Waals surface area contributed by atoms with Crippen LogP contribution in [0.3, 0.4) is 0 Å². The van der Waals surface area contributed by atoms with E-state index in [0.717, 1.165) is 32.1 Å². The van der Waals surface area contributed by atoms with Crippen LogP contribution in [0.5, 0.6) is 0 Å². The zero-order valence-electron chi connectivity index (χ0n) is 34.1. The number of amides is 1. The summed E-state index contributed by atoms with van der Waals surface area (Å²) in [5.41, 5.74) is 0. The van der Waals surface area contributed by atoms with Gasteiger partial charge in [-0.3, -0.25) is 4.79 Å². The lowest BCUT2D eigenvalue weighted by Crippen LogP contribution is -2.49. The topological polar surface area (TPSA) is 89.8 Å². The van der Waals surface area contributed by atoms with Crippen LogP contribution in [0.25, 0.3) is 0 Å². The number of aliphatic hydroxyl groups is 3. The molecule has 0 fully saturated rings. The van der Waals surface area contributed by atoms with Gasteiger partial charge in [-0.2, -0.15) is 0 Å². The Bertz CT molecular complexity index is 659. The fourth-order valence-electron chi connectivity index (χ4n) is 7.37. The molecule has 0 spiro atoms. The van der Waals surface area contributed by atoms with E-state index in [2.05, 4.69) is 19.2 Å². The Morgan fingerprint density at radius 3 is 0.900 bits per heavy atom. The molecule has 0 radical (unpaired) electrons. The molecule has 0 saturated carbocycles. The normalized spacial score (nSPS) is 13.5. The third kappa shape index (κ3) is 35.7. The molecule has 0 aromatic heterocycles. The van der Waals surface area contributed by atoms with Gasteiger partial charge in [-0.15, -0.1) is 0 Å². The van der Waals surface area contributed by atoms with Crippen molar-refractivity contribution in [2.75, 3.05) is 6.61 Å². The molecule has 0 aromatic carbocycles. The minimum Gasteiger partial charge on any atom is -0.394 e. The second-order valence-electron chi connectivity index (χ2n) is 16.0. The fraction of sp³-hybridized carbons (Fsp3) is 0.978. The van der Waals surface area contributed by atoms with Crippen molar-refractivity contribution in [3.8, 4) is 0 Å². The quantitative estimate of drug-likeness (QED) is 0.0475. The lowest BCUT2D eigenvalue weighted by Gasteiger charge is -2.23. The van der Waals surface area contributed by atoms with Gasteiger partial charge in [0.05, 0.1) is 18.8 Å². The van der Waals surface area contributed by atoms with E-state index in [4.69, 9.17) is 0 Å². The van der Waals surface area contributed by atoms with Crippen molar-refractivity contribution >= 4 is 5.91 Å². The van der Waals surface area contributed by atoms with Crippen LogP contribution in [0.15, 0.2) is 0 Å². The fourth-order valence-corrected chi connectivity index (χ4v) is 7.37. The van der Waals surface area contributed by atoms with E-state index in [0.29, 0.717) is 12.8 Å². The molecule has 3 atom stereocenters. The third-order valence-corrected chi connectivity index (χ3v) is 11.0. The maximum Gasteiger partial charge on any atom is 0.249 e. The molecule has 0 aliphatic carbocycles. The van der Waals surface area contributed by atoms with Crippen molar-refractivity contribution in [2.24, 2.45) is 0 Å². The van der Waals surface area contributed by atoms with Crippen LogP contribution in [-0.2, 0) is 4.79 Å². The second-order valence-corrected chi connectivity index (χ2v) is 16.0. The SMILES string of the molecule is CCCCCCCCCCCCCCCCCCCCCCCCC(O)C(=O)NC(CO)C(O)CCCCCCCCCCCCCCCC. The molecule has 4 N–H and O–H groups in total.